The third-order valence-electron chi connectivity index (χ3n) is 2.94. The van der Waals surface area contributed by atoms with Crippen LogP contribution in [0, 0.1) is 6.92 Å². The van der Waals surface area contributed by atoms with Crippen LogP contribution in [0.1, 0.15) is 11.1 Å². The first-order valence-electron chi connectivity index (χ1n) is 6.28. The monoisotopic (exact) mass is 257 g/mol. The molecule has 0 bridgehead atoms. The minimum absolute atomic E-state index is 0.691. The molecule has 0 radical (unpaired) electrons. The molecule has 0 aliphatic heterocycles. The SMILES string of the molecule is COc1cccc(CCNc2ncc(N)cc2C)c1. The van der Waals surface area contributed by atoms with Crippen molar-refractivity contribution < 1.29 is 4.74 Å². The summed E-state index contributed by atoms with van der Waals surface area (Å²) in [6.45, 7) is 2.82. The number of pyridine rings is 1. The third kappa shape index (κ3) is 3.61. The molecule has 3 N–H and O–H groups in total. The van der Waals surface area contributed by atoms with Gasteiger partial charge in [0.1, 0.15) is 11.6 Å². The van der Waals surface area contributed by atoms with Crippen LogP contribution in [0.25, 0.3) is 0 Å². The van der Waals surface area contributed by atoms with E-state index in [1.54, 1.807) is 13.3 Å². The van der Waals surface area contributed by atoms with Gasteiger partial charge in [0.15, 0.2) is 0 Å². The highest BCUT2D eigenvalue weighted by atomic mass is 16.5. The average Bonchev–Trinajstić information content (AvgIpc) is 2.41. The lowest BCUT2D eigenvalue weighted by Crippen LogP contribution is -2.08. The molecule has 0 aliphatic rings. The number of nitrogens with two attached hydrogens (primary N) is 1. The van der Waals surface area contributed by atoms with Gasteiger partial charge in [-0.3, -0.25) is 0 Å². The number of aromatic nitrogens is 1. The van der Waals surface area contributed by atoms with E-state index < -0.39 is 0 Å². The van der Waals surface area contributed by atoms with E-state index >= 15 is 0 Å². The summed E-state index contributed by atoms with van der Waals surface area (Å²) in [7, 11) is 1.68. The third-order valence-corrected chi connectivity index (χ3v) is 2.94. The highest BCUT2D eigenvalue weighted by Gasteiger charge is 2.00. The lowest BCUT2D eigenvalue weighted by molar-refractivity contribution is 0.414. The van der Waals surface area contributed by atoms with Gasteiger partial charge in [0.05, 0.1) is 19.0 Å². The van der Waals surface area contributed by atoms with Crippen molar-refractivity contribution in [3.8, 4) is 5.75 Å². The first kappa shape index (κ1) is 13.2. The minimum atomic E-state index is 0.691. The summed E-state index contributed by atoms with van der Waals surface area (Å²) >= 11 is 0. The summed E-state index contributed by atoms with van der Waals surface area (Å²) in [5.41, 5.74) is 8.66. The number of nitrogen functional groups attached to an aromatic ring is 1. The molecule has 1 heterocycles. The number of anilines is 2. The second kappa shape index (κ2) is 6.09. The zero-order chi connectivity index (χ0) is 13.7. The number of ether oxygens (including phenoxy) is 1. The largest absolute Gasteiger partial charge is 0.497 e. The smallest absolute Gasteiger partial charge is 0.129 e. The first-order valence-corrected chi connectivity index (χ1v) is 6.28. The summed E-state index contributed by atoms with van der Waals surface area (Å²) < 4.78 is 5.21. The fourth-order valence-electron chi connectivity index (χ4n) is 1.93. The molecule has 100 valence electrons. The molecule has 0 spiro atoms. The van der Waals surface area contributed by atoms with E-state index in [4.69, 9.17) is 10.5 Å². The molecule has 2 rings (SSSR count). The fraction of sp³-hybridized carbons (Fsp3) is 0.267. The Labute approximate surface area is 113 Å². The number of hydrogen-bond acceptors (Lipinski definition) is 4. The highest BCUT2D eigenvalue weighted by Crippen LogP contribution is 2.15. The average molecular weight is 257 g/mol. The maximum Gasteiger partial charge on any atom is 0.129 e. The maximum atomic E-state index is 5.68. The Bertz CT molecular complexity index is 555. The van der Waals surface area contributed by atoms with Crippen molar-refractivity contribution in [2.45, 2.75) is 13.3 Å². The van der Waals surface area contributed by atoms with E-state index in [-0.39, 0.29) is 0 Å². The van der Waals surface area contributed by atoms with Crippen molar-refractivity contribution >= 4 is 11.5 Å². The van der Waals surface area contributed by atoms with Gasteiger partial charge in [-0.2, -0.15) is 0 Å². The molecule has 4 heteroatoms. The van der Waals surface area contributed by atoms with Crippen molar-refractivity contribution in [2.75, 3.05) is 24.7 Å². The molecule has 0 fully saturated rings. The molecule has 0 atom stereocenters. The number of aryl methyl sites for hydroxylation is 1. The standard InChI is InChI=1S/C15H19N3O/c1-11-8-13(16)10-18-15(11)17-7-6-12-4-3-5-14(9-12)19-2/h3-5,8-10H,6-7,16H2,1-2H3,(H,17,18). The first-order chi connectivity index (χ1) is 9.19. The lowest BCUT2D eigenvalue weighted by atomic mass is 10.1. The molecule has 0 saturated carbocycles. The topological polar surface area (TPSA) is 60.2 Å². The van der Waals surface area contributed by atoms with E-state index in [0.29, 0.717) is 5.69 Å². The van der Waals surface area contributed by atoms with Gasteiger partial charge in [-0.25, -0.2) is 4.98 Å². The number of benzene rings is 1. The van der Waals surface area contributed by atoms with Gasteiger partial charge in [-0.15, -0.1) is 0 Å². The number of hydrogen-bond donors (Lipinski definition) is 2. The van der Waals surface area contributed by atoms with Gasteiger partial charge in [0, 0.05) is 6.54 Å². The molecular formula is C15H19N3O. The van der Waals surface area contributed by atoms with E-state index in [1.807, 2.05) is 31.2 Å². The molecule has 1 aromatic carbocycles. The zero-order valence-electron chi connectivity index (χ0n) is 11.3. The van der Waals surface area contributed by atoms with Crippen molar-refractivity contribution in [3.05, 3.63) is 47.7 Å². The normalized spacial score (nSPS) is 10.2. The molecule has 19 heavy (non-hydrogen) atoms. The van der Waals surface area contributed by atoms with Gasteiger partial charge < -0.3 is 15.8 Å². The lowest BCUT2D eigenvalue weighted by Gasteiger charge is -2.09. The molecule has 0 unspecified atom stereocenters. The molecule has 0 aliphatic carbocycles. The van der Waals surface area contributed by atoms with Crippen LogP contribution < -0.4 is 15.8 Å². The van der Waals surface area contributed by atoms with Crippen LogP contribution in [-0.4, -0.2) is 18.6 Å². The van der Waals surface area contributed by atoms with Gasteiger partial charge >= 0.3 is 0 Å². The second-order valence-electron chi connectivity index (χ2n) is 4.46. The zero-order valence-corrected chi connectivity index (χ0v) is 11.3. The van der Waals surface area contributed by atoms with Crippen LogP contribution in [0.2, 0.25) is 0 Å². The summed E-state index contributed by atoms with van der Waals surface area (Å²) in [5, 5.41) is 3.32. The number of methoxy groups -OCH3 is 1. The summed E-state index contributed by atoms with van der Waals surface area (Å²) in [6.07, 6.45) is 2.59. The predicted octanol–water partition coefficient (Wildman–Crippen LogP) is 2.64. The Morgan fingerprint density at radius 3 is 2.89 bits per heavy atom. The Morgan fingerprint density at radius 1 is 1.32 bits per heavy atom. The van der Waals surface area contributed by atoms with Crippen molar-refractivity contribution in [2.24, 2.45) is 0 Å². The van der Waals surface area contributed by atoms with E-state index in [2.05, 4.69) is 16.4 Å². The van der Waals surface area contributed by atoms with E-state index in [1.165, 1.54) is 5.56 Å². The summed E-state index contributed by atoms with van der Waals surface area (Å²) in [6, 6.07) is 10.0. The summed E-state index contributed by atoms with van der Waals surface area (Å²) in [4.78, 5) is 4.28. The Kier molecular flexibility index (Phi) is 4.23. The van der Waals surface area contributed by atoms with Gasteiger partial charge in [-0.1, -0.05) is 12.1 Å². The molecule has 2 aromatic rings. The van der Waals surface area contributed by atoms with Crippen LogP contribution in [0.15, 0.2) is 36.5 Å². The number of nitrogens with one attached hydrogen (secondary N) is 1. The quantitative estimate of drug-likeness (QED) is 0.864. The molecule has 0 saturated heterocycles. The number of rotatable bonds is 5. The van der Waals surface area contributed by atoms with Crippen LogP contribution in [0.3, 0.4) is 0 Å². The van der Waals surface area contributed by atoms with Gasteiger partial charge in [0.25, 0.3) is 0 Å². The van der Waals surface area contributed by atoms with E-state index in [0.717, 1.165) is 30.1 Å². The maximum absolute atomic E-state index is 5.68. The Balaban J connectivity index is 1.92. The van der Waals surface area contributed by atoms with Crippen LogP contribution >= 0.6 is 0 Å². The highest BCUT2D eigenvalue weighted by molar-refractivity contribution is 5.50. The predicted molar refractivity (Wildman–Crippen MR) is 78.6 cm³/mol. The molecular weight excluding hydrogens is 238 g/mol. The Morgan fingerprint density at radius 2 is 2.16 bits per heavy atom. The summed E-state index contributed by atoms with van der Waals surface area (Å²) in [5.74, 6) is 1.77. The fourth-order valence-corrected chi connectivity index (χ4v) is 1.93. The van der Waals surface area contributed by atoms with Crippen molar-refractivity contribution in [1.82, 2.24) is 4.98 Å². The van der Waals surface area contributed by atoms with Crippen molar-refractivity contribution in [3.63, 3.8) is 0 Å². The molecule has 0 amide bonds. The second-order valence-corrected chi connectivity index (χ2v) is 4.46. The molecule has 1 aromatic heterocycles. The van der Waals surface area contributed by atoms with E-state index in [9.17, 15) is 0 Å². The van der Waals surface area contributed by atoms with Crippen LogP contribution in [0.5, 0.6) is 5.75 Å². The molecule has 4 nitrogen and oxygen atoms in total. The Hall–Kier alpha value is -2.23. The van der Waals surface area contributed by atoms with Crippen molar-refractivity contribution in [1.29, 1.82) is 0 Å². The van der Waals surface area contributed by atoms with Crippen LogP contribution in [-0.2, 0) is 6.42 Å². The van der Waals surface area contributed by atoms with Crippen LogP contribution in [0.4, 0.5) is 11.5 Å². The van der Waals surface area contributed by atoms with Gasteiger partial charge in [0.2, 0.25) is 0 Å². The van der Waals surface area contributed by atoms with Gasteiger partial charge in [-0.05, 0) is 42.7 Å². The number of nitrogens with zero attached hydrogens (tertiary/aromatic N) is 1. The minimum Gasteiger partial charge on any atom is -0.497 e.